The Morgan fingerprint density at radius 3 is 2.50 bits per heavy atom. The average Bonchev–Trinajstić information content (AvgIpc) is 2.46. The maximum Gasteiger partial charge on any atom is 0.231 e. The van der Waals surface area contributed by atoms with Crippen molar-refractivity contribution in [1.82, 2.24) is 0 Å². The Hall–Kier alpha value is -0.410. The zero-order valence-corrected chi connectivity index (χ0v) is 6.29. The minimum atomic E-state index is -0.230. The second kappa shape index (κ2) is 3.12. The third-order valence-electron chi connectivity index (χ3n) is 1.26. The lowest BCUT2D eigenvalue weighted by molar-refractivity contribution is -0.120. The molecule has 0 spiro atoms. The highest BCUT2D eigenvalue weighted by molar-refractivity contribution is 5.78. The highest BCUT2D eigenvalue weighted by atomic mass is 17.4. The fourth-order valence-corrected chi connectivity index (χ4v) is 0.832. The van der Waals surface area contributed by atoms with Gasteiger partial charge in [-0.25, -0.2) is 0 Å². The summed E-state index contributed by atoms with van der Waals surface area (Å²) in [5, 5.41) is 0. The Morgan fingerprint density at radius 2 is 2.10 bits per heavy atom. The Balaban J connectivity index is 2.08. The van der Waals surface area contributed by atoms with Crippen molar-refractivity contribution in [2.75, 3.05) is 0 Å². The standard InChI is InChI=1S/C7H12O3/c1-5(2)3-6(8)4-7-9-10-7/h5,7H,3-4H2,1-2H3. The average molecular weight is 144 g/mol. The molecule has 1 aliphatic heterocycles. The first-order valence-corrected chi connectivity index (χ1v) is 3.52. The van der Waals surface area contributed by atoms with Crippen molar-refractivity contribution in [2.45, 2.75) is 33.0 Å². The van der Waals surface area contributed by atoms with Crippen LogP contribution in [0.25, 0.3) is 0 Å². The van der Waals surface area contributed by atoms with Gasteiger partial charge in [0, 0.05) is 6.42 Å². The first-order chi connectivity index (χ1) is 4.68. The molecule has 10 heavy (non-hydrogen) atoms. The molecule has 0 aromatic heterocycles. The number of ketones is 1. The van der Waals surface area contributed by atoms with Crippen LogP contribution in [0.5, 0.6) is 0 Å². The lowest BCUT2D eigenvalue weighted by atomic mass is 10.1. The topological polar surface area (TPSA) is 42.1 Å². The molecule has 0 aromatic rings. The summed E-state index contributed by atoms with van der Waals surface area (Å²) in [6.45, 7) is 4.04. The quantitative estimate of drug-likeness (QED) is 0.441. The van der Waals surface area contributed by atoms with Crippen LogP contribution in [0.2, 0.25) is 0 Å². The number of Topliss-reactive ketones (excluding diaryl/α,β-unsaturated/α-hetero) is 1. The van der Waals surface area contributed by atoms with E-state index in [4.69, 9.17) is 0 Å². The molecule has 1 rings (SSSR count). The molecule has 1 saturated heterocycles. The Kier molecular flexibility index (Phi) is 2.40. The Bertz CT molecular complexity index is 121. The molecule has 0 aliphatic carbocycles. The van der Waals surface area contributed by atoms with Gasteiger partial charge in [0.15, 0.2) is 0 Å². The number of rotatable bonds is 4. The van der Waals surface area contributed by atoms with Gasteiger partial charge in [0.2, 0.25) is 6.29 Å². The SMILES string of the molecule is CC(C)CC(=O)CC1OO1. The van der Waals surface area contributed by atoms with E-state index in [1.165, 1.54) is 0 Å². The third kappa shape index (κ3) is 2.94. The largest absolute Gasteiger partial charge is 0.299 e. The third-order valence-corrected chi connectivity index (χ3v) is 1.26. The predicted octanol–water partition coefficient (Wildman–Crippen LogP) is 1.28. The smallest absolute Gasteiger partial charge is 0.231 e. The molecule has 0 saturated carbocycles. The van der Waals surface area contributed by atoms with Crippen molar-refractivity contribution < 1.29 is 14.6 Å². The first-order valence-electron chi connectivity index (χ1n) is 3.52. The van der Waals surface area contributed by atoms with Crippen molar-refractivity contribution in [2.24, 2.45) is 5.92 Å². The number of carbonyl (C=O) groups is 1. The number of carbonyl (C=O) groups excluding carboxylic acids is 1. The van der Waals surface area contributed by atoms with E-state index in [9.17, 15) is 4.79 Å². The highest BCUT2D eigenvalue weighted by Crippen LogP contribution is 2.18. The summed E-state index contributed by atoms with van der Waals surface area (Å²) in [7, 11) is 0. The normalized spacial score (nSPS) is 17.9. The van der Waals surface area contributed by atoms with E-state index in [1.807, 2.05) is 13.8 Å². The van der Waals surface area contributed by atoms with Gasteiger partial charge < -0.3 is 0 Å². The summed E-state index contributed by atoms with van der Waals surface area (Å²) in [6, 6.07) is 0. The minimum absolute atomic E-state index is 0.220. The van der Waals surface area contributed by atoms with Crippen molar-refractivity contribution in [3.63, 3.8) is 0 Å². The Morgan fingerprint density at radius 1 is 1.50 bits per heavy atom. The molecule has 0 amide bonds. The van der Waals surface area contributed by atoms with E-state index in [2.05, 4.69) is 9.78 Å². The fourth-order valence-electron chi connectivity index (χ4n) is 0.832. The van der Waals surface area contributed by atoms with E-state index >= 15 is 0 Å². The van der Waals surface area contributed by atoms with Crippen molar-refractivity contribution in [1.29, 1.82) is 0 Å². The summed E-state index contributed by atoms with van der Waals surface area (Å²) in [6.07, 6.45) is 0.813. The van der Waals surface area contributed by atoms with E-state index in [0.29, 0.717) is 18.8 Å². The predicted molar refractivity (Wildman–Crippen MR) is 35.0 cm³/mol. The van der Waals surface area contributed by atoms with Crippen molar-refractivity contribution >= 4 is 5.78 Å². The molecule has 0 radical (unpaired) electrons. The second-order valence-electron chi connectivity index (χ2n) is 2.96. The van der Waals surface area contributed by atoms with Crippen LogP contribution in [0.4, 0.5) is 0 Å². The van der Waals surface area contributed by atoms with Crippen molar-refractivity contribution in [3.8, 4) is 0 Å². The molecule has 58 valence electrons. The molecule has 1 fully saturated rings. The summed E-state index contributed by atoms with van der Waals surface area (Å²) >= 11 is 0. The van der Waals surface area contributed by atoms with E-state index in [-0.39, 0.29) is 12.1 Å². The van der Waals surface area contributed by atoms with E-state index in [1.54, 1.807) is 0 Å². The summed E-state index contributed by atoms with van der Waals surface area (Å²) in [5.74, 6) is 0.656. The van der Waals surface area contributed by atoms with Crippen LogP contribution in [0.1, 0.15) is 26.7 Å². The molecule has 3 nitrogen and oxygen atoms in total. The van der Waals surface area contributed by atoms with E-state index < -0.39 is 0 Å². The van der Waals surface area contributed by atoms with Gasteiger partial charge in [-0.05, 0) is 5.92 Å². The lowest BCUT2D eigenvalue weighted by Crippen LogP contribution is -2.05. The molecular formula is C7H12O3. The van der Waals surface area contributed by atoms with E-state index in [0.717, 1.165) is 0 Å². The zero-order valence-electron chi connectivity index (χ0n) is 6.29. The molecule has 0 unspecified atom stereocenters. The van der Waals surface area contributed by atoms with Crippen LogP contribution in [-0.2, 0) is 14.6 Å². The van der Waals surface area contributed by atoms with Gasteiger partial charge >= 0.3 is 0 Å². The maximum atomic E-state index is 10.9. The molecular weight excluding hydrogens is 132 g/mol. The van der Waals surface area contributed by atoms with Crippen LogP contribution in [-0.4, -0.2) is 12.1 Å². The van der Waals surface area contributed by atoms with Crippen molar-refractivity contribution in [3.05, 3.63) is 0 Å². The van der Waals surface area contributed by atoms with Gasteiger partial charge in [-0.1, -0.05) is 13.8 Å². The molecule has 0 N–H and O–H groups in total. The van der Waals surface area contributed by atoms with Gasteiger partial charge in [0.1, 0.15) is 5.78 Å². The number of hydrogen-bond acceptors (Lipinski definition) is 3. The zero-order chi connectivity index (χ0) is 7.56. The number of hydrogen-bond donors (Lipinski definition) is 0. The van der Waals surface area contributed by atoms with Gasteiger partial charge in [0.05, 0.1) is 6.42 Å². The van der Waals surface area contributed by atoms with Crippen LogP contribution in [0.15, 0.2) is 0 Å². The van der Waals surface area contributed by atoms with Gasteiger partial charge in [0.25, 0.3) is 0 Å². The second-order valence-corrected chi connectivity index (χ2v) is 2.96. The summed E-state index contributed by atoms with van der Waals surface area (Å²) in [5.41, 5.74) is 0. The highest BCUT2D eigenvalue weighted by Gasteiger charge is 2.28. The summed E-state index contributed by atoms with van der Waals surface area (Å²) in [4.78, 5) is 19.8. The minimum Gasteiger partial charge on any atom is -0.299 e. The van der Waals surface area contributed by atoms with Crippen LogP contribution >= 0.6 is 0 Å². The molecule has 1 aliphatic rings. The van der Waals surface area contributed by atoms with Gasteiger partial charge in [-0.3, -0.25) is 4.79 Å². The monoisotopic (exact) mass is 144 g/mol. The molecule has 1 heterocycles. The molecule has 0 aromatic carbocycles. The first kappa shape index (κ1) is 7.69. The molecule has 0 bridgehead atoms. The lowest BCUT2D eigenvalue weighted by Gasteiger charge is -1.99. The van der Waals surface area contributed by atoms with Crippen LogP contribution in [0.3, 0.4) is 0 Å². The van der Waals surface area contributed by atoms with Crippen LogP contribution < -0.4 is 0 Å². The molecule has 3 heteroatoms. The van der Waals surface area contributed by atoms with Crippen LogP contribution in [0, 0.1) is 5.92 Å². The van der Waals surface area contributed by atoms with Gasteiger partial charge in [-0.15, -0.1) is 0 Å². The van der Waals surface area contributed by atoms with Gasteiger partial charge in [-0.2, -0.15) is 9.78 Å². The maximum absolute atomic E-state index is 10.9. The Labute approximate surface area is 60.2 Å². The summed E-state index contributed by atoms with van der Waals surface area (Å²) < 4.78 is 0. The molecule has 0 atom stereocenters. The fraction of sp³-hybridized carbons (Fsp3) is 0.857.